The molecule has 5 heteroatoms. The van der Waals surface area contributed by atoms with Gasteiger partial charge in [-0.15, -0.1) is 0 Å². The van der Waals surface area contributed by atoms with Crippen LogP contribution in [0.4, 0.5) is 0 Å². The minimum absolute atomic E-state index is 0.198. The van der Waals surface area contributed by atoms with Crippen molar-refractivity contribution in [3.05, 3.63) is 0 Å². The van der Waals surface area contributed by atoms with Crippen LogP contribution in [0.5, 0.6) is 0 Å². The van der Waals surface area contributed by atoms with Gasteiger partial charge in [0.2, 0.25) is 0 Å². The molecule has 0 rings (SSSR count). The van der Waals surface area contributed by atoms with Crippen molar-refractivity contribution >= 4 is 7.60 Å². The molecule has 0 aromatic heterocycles. The lowest BCUT2D eigenvalue weighted by Gasteiger charge is -2.15. The molecule has 1 atom stereocenters. The first-order valence-corrected chi connectivity index (χ1v) is 11.2. The highest BCUT2D eigenvalue weighted by Crippen LogP contribution is 2.46. The molecular weight excluding hydrogens is 311 g/mol. The lowest BCUT2D eigenvalue weighted by Crippen LogP contribution is -2.08. The molecule has 4 nitrogen and oxygen atoms in total. The van der Waals surface area contributed by atoms with E-state index in [-0.39, 0.29) is 12.3 Å². The Hall–Kier alpha value is 0.110. The highest BCUT2D eigenvalue weighted by atomic mass is 31.2. The van der Waals surface area contributed by atoms with Crippen molar-refractivity contribution < 1.29 is 18.7 Å². The SMILES string of the molecule is CCCCCCCCCCCCCOCCOP(=O)(O)C(C)C. The van der Waals surface area contributed by atoms with E-state index in [4.69, 9.17) is 9.26 Å². The van der Waals surface area contributed by atoms with E-state index in [1.54, 1.807) is 13.8 Å². The first-order valence-electron chi connectivity index (χ1n) is 9.55. The van der Waals surface area contributed by atoms with Crippen molar-refractivity contribution in [2.24, 2.45) is 0 Å². The Morgan fingerprint density at radius 3 is 1.74 bits per heavy atom. The van der Waals surface area contributed by atoms with Crippen LogP contribution >= 0.6 is 7.60 Å². The van der Waals surface area contributed by atoms with Crippen LogP contribution < -0.4 is 0 Å². The molecule has 0 aliphatic heterocycles. The minimum atomic E-state index is -3.43. The molecule has 0 fully saturated rings. The molecule has 140 valence electrons. The van der Waals surface area contributed by atoms with Crippen LogP contribution in [0.25, 0.3) is 0 Å². The Morgan fingerprint density at radius 1 is 0.783 bits per heavy atom. The Kier molecular flexibility index (Phi) is 15.7. The van der Waals surface area contributed by atoms with E-state index in [1.807, 2.05) is 0 Å². The predicted molar refractivity (Wildman–Crippen MR) is 98.2 cm³/mol. The second-order valence-electron chi connectivity index (χ2n) is 6.64. The van der Waals surface area contributed by atoms with Crippen LogP contribution in [0, 0.1) is 0 Å². The van der Waals surface area contributed by atoms with E-state index in [1.165, 1.54) is 64.2 Å². The highest BCUT2D eigenvalue weighted by molar-refractivity contribution is 7.53. The van der Waals surface area contributed by atoms with Gasteiger partial charge in [0.05, 0.1) is 18.9 Å². The van der Waals surface area contributed by atoms with Crippen molar-refractivity contribution in [2.75, 3.05) is 19.8 Å². The average molecular weight is 350 g/mol. The fourth-order valence-electron chi connectivity index (χ4n) is 2.35. The molecule has 0 saturated heterocycles. The van der Waals surface area contributed by atoms with Gasteiger partial charge in [-0.05, 0) is 6.42 Å². The lowest BCUT2D eigenvalue weighted by molar-refractivity contribution is 0.0918. The highest BCUT2D eigenvalue weighted by Gasteiger charge is 2.23. The number of rotatable bonds is 17. The van der Waals surface area contributed by atoms with Gasteiger partial charge in [-0.2, -0.15) is 0 Å². The second kappa shape index (κ2) is 15.6. The summed E-state index contributed by atoms with van der Waals surface area (Å²) in [5, 5.41) is 0. The first kappa shape index (κ1) is 23.1. The zero-order chi connectivity index (χ0) is 17.4. The zero-order valence-electron chi connectivity index (χ0n) is 15.6. The molecule has 0 radical (unpaired) electrons. The van der Waals surface area contributed by atoms with Gasteiger partial charge in [-0.1, -0.05) is 85.0 Å². The molecule has 0 spiro atoms. The fourth-order valence-corrected chi connectivity index (χ4v) is 2.98. The second-order valence-corrected chi connectivity index (χ2v) is 9.06. The summed E-state index contributed by atoms with van der Waals surface area (Å²) < 4.78 is 21.9. The molecule has 0 saturated carbocycles. The molecular formula is C18H39O4P. The maximum absolute atomic E-state index is 11.5. The topological polar surface area (TPSA) is 55.8 Å². The predicted octanol–water partition coefficient (Wildman–Crippen LogP) is 5.92. The number of hydrogen-bond donors (Lipinski definition) is 1. The summed E-state index contributed by atoms with van der Waals surface area (Å²) in [5.41, 5.74) is -0.353. The van der Waals surface area contributed by atoms with Crippen molar-refractivity contribution in [2.45, 2.75) is 97.1 Å². The number of hydrogen-bond acceptors (Lipinski definition) is 3. The first-order chi connectivity index (χ1) is 11.0. The molecule has 23 heavy (non-hydrogen) atoms. The molecule has 1 unspecified atom stereocenters. The Morgan fingerprint density at radius 2 is 1.26 bits per heavy atom. The monoisotopic (exact) mass is 350 g/mol. The maximum atomic E-state index is 11.5. The van der Waals surface area contributed by atoms with Crippen LogP contribution in [0.3, 0.4) is 0 Å². The molecule has 0 bridgehead atoms. The summed E-state index contributed by atoms with van der Waals surface area (Å²) in [4.78, 5) is 9.47. The van der Waals surface area contributed by atoms with E-state index >= 15 is 0 Å². The van der Waals surface area contributed by atoms with Crippen LogP contribution in [-0.4, -0.2) is 30.4 Å². The van der Waals surface area contributed by atoms with E-state index in [0.717, 1.165) is 13.0 Å². The summed E-state index contributed by atoms with van der Waals surface area (Å²) in [5.74, 6) is 0. The van der Waals surface area contributed by atoms with Gasteiger partial charge < -0.3 is 14.2 Å². The van der Waals surface area contributed by atoms with E-state index in [9.17, 15) is 9.46 Å². The number of unbranched alkanes of at least 4 members (excludes halogenated alkanes) is 10. The third-order valence-corrected chi connectivity index (χ3v) is 5.91. The van der Waals surface area contributed by atoms with Crippen LogP contribution in [0.15, 0.2) is 0 Å². The van der Waals surface area contributed by atoms with E-state index < -0.39 is 7.60 Å². The zero-order valence-corrected chi connectivity index (χ0v) is 16.5. The minimum Gasteiger partial charge on any atom is -0.379 e. The van der Waals surface area contributed by atoms with Crippen molar-refractivity contribution in [1.29, 1.82) is 0 Å². The van der Waals surface area contributed by atoms with E-state index in [0.29, 0.717) is 6.61 Å². The Labute approximate surface area is 143 Å². The molecule has 0 aromatic rings. The Bertz CT molecular complexity index is 295. The van der Waals surface area contributed by atoms with E-state index in [2.05, 4.69) is 6.92 Å². The van der Waals surface area contributed by atoms with Gasteiger partial charge in [0.15, 0.2) is 0 Å². The Balaban J connectivity index is 3.15. The molecule has 0 heterocycles. The molecule has 0 amide bonds. The molecule has 0 aliphatic carbocycles. The van der Waals surface area contributed by atoms with Crippen molar-refractivity contribution in [3.8, 4) is 0 Å². The smallest absolute Gasteiger partial charge is 0.330 e. The summed E-state index contributed by atoms with van der Waals surface area (Å²) in [6.07, 6.45) is 14.6. The summed E-state index contributed by atoms with van der Waals surface area (Å²) >= 11 is 0. The van der Waals surface area contributed by atoms with Gasteiger partial charge >= 0.3 is 7.60 Å². The normalized spacial score (nSPS) is 14.3. The molecule has 0 aromatic carbocycles. The van der Waals surface area contributed by atoms with Gasteiger partial charge in [-0.25, -0.2) is 0 Å². The van der Waals surface area contributed by atoms with Gasteiger partial charge in [0.25, 0.3) is 0 Å². The average Bonchev–Trinajstić information content (AvgIpc) is 2.51. The summed E-state index contributed by atoms with van der Waals surface area (Å²) in [6.45, 7) is 6.95. The quantitative estimate of drug-likeness (QED) is 0.261. The lowest BCUT2D eigenvalue weighted by atomic mass is 10.1. The third kappa shape index (κ3) is 15.4. The van der Waals surface area contributed by atoms with Crippen LogP contribution in [0.2, 0.25) is 0 Å². The van der Waals surface area contributed by atoms with Gasteiger partial charge in [0, 0.05) is 6.61 Å². The van der Waals surface area contributed by atoms with Gasteiger partial charge in [-0.3, -0.25) is 4.57 Å². The standard InChI is InChI=1S/C18H39O4P/c1-4-5-6-7-8-9-10-11-12-13-14-15-21-16-17-22-23(19,20)18(2)3/h18H,4-17H2,1-3H3,(H,19,20). The van der Waals surface area contributed by atoms with Crippen LogP contribution in [0.1, 0.15) is 91.4 Å². The molecule has 0 aliphatic rings. The third-order valence-electron chi connectivity index (χ3n) is 4.05. The largest absolute Gasteiger partial charge is 0.379 e. The van der Waals surface area contributed by atoms with Gasteiger partial charge in [0.1, 0.15) is 0 Å². The van der Waals surface area contributed by atoms with Crippen molar-refractivity contribution in [3.63, 3.8) is 0 Å². The van der Waals surface area contributed by atoms with Crippen molar-refractivity contribution in [1.82, 2.24) is 0 Å². The van der Waals surface area contributed by atoms with Crippen LogP contribution in [-0.2, 0) is 13.8 Å². The summed E-state index contributed by atoms with van der Waals surface area (Å²) in [6, 6.07) is 0. The summed E-state index contributed by atoms with van der Waals surface area (Å²) in [7, 11) is -3.43. The molecule has 1 N–H and O–H groups in total. The fraction of sp³-hybridized carbons (Fsp3) is 1.00. The maximum Gasteiger partial charge on any atom is 0.330 e. The number of ether oxygens (including phenoxy) is 1.